The molecular weight excluding hydrogens is 202 g/mol. The Hall–Kier alpha value is -0.280. The van der Waals surface area contributed by atoms with Gasteiger partial charge in [-0.3, -0.25) is 9.69 Å². The standard InChI is InChI=1S/C10H19NO2.ClH/c1-8-4-6-11(7-5-8)10(2,3)9(12)13;/h8H,4-7H2,1-3H3,(H,12,13);1H. The van der Waals surface area contributed by atoms with Gasteiger partial charge in [0.2, 0.25) is 0 Å². The zero-order chi connectivity index (χ0) is 10.1. The molecule has 1 N–H and O–H groups in total. The van der Waals surface area contributed by atoms with Gasteiger partial charge in [-0.15, -0.1) is 12.4 Å². The molecule has 0 bridgehead atoms. The van der Waals surface area contributed by atoms with Gasteiger partial charge in [0.25, 0.3) is 0 Å². The summed E-state index contributed by atoms with van der Waals surface area (Å²) < 4.78 is 0. The molecule has 1 rings (SSSR count). The van der Waals surface area contributed by atoms with E-state index in [1.165, 1.54) is 0 Å². The second-order valence-electron chi connectivity index (χ2n) is 4.53. The summed E-state index contributed by atoms with van der Waals surface area (Å²) in [7, 11) is 0. The van der Waals surface area contributed by atoms with Gasteiger partial charge in [0.05, 0.1) is 0 Å². The van der Waals surface area contributed by atoms with Crippen molar-refractivity contribution in [2.24, 2.45) is 5.92 Å². The van der Waals surface area contributed by atoms with E-state index in [2.05, 4.69) is 11.8 Å². The summed E-state index contributed by atoms with van der Waals surface area (Å²) in [4.78, 5) is 13.0. The van der Waals surface area contributed by atoms with Crippen LogP contribution >= 0.6 is 12.4 Å². The molecule has 0 amide bonds. The van der Waals surface area contributed by atoms with Crippen LogP contribution in [-0.4, -0.2) is 34.6 Å². The van der Waals surface area contributed by atoms with Crippen molar-refractivity contribution >= 4 is 18.4 Å². The first-order valence-electron chi connectivity index (χ1n) is 4.93. The number of carboxylic acid groups (broad SMARTS) is 1. The lowest BCUT2D eigenvalue weighted by Gasteiger charge is -2.39. The van der Waals surface area contributed by atoms with Crippen LogP contribution in [0, 0.1) is 5.92 Å². The third-order valence-electron chi connectivity index (χ3n) is 3.10. The van der Waals surface area contributed by atoms with Crippen molar-refractivity contribution < 1.29 is 9.90 Å². The van der Waals surface area contributed by atoms with E-state index in [0.29, 0.717) is 0 Å². The van der Waals surface area contributed by atoms with Crippen LogP contribution < -0.4 is 0 Å². The predicted molar refractivity (Wildman–Crippen MR) is 58.9 cm³/mol. The number of halogens is 1. The third kappa shape index (κ3) is 2.85. The van der Waals surface area contributed by atoms with Gasteiger partial charge in [-0.2, -0.15) is 0 Å². The summed E-state index contributed by atoms with van der Waals surface area (Å²) in [6.45, 7) is 7.63. The maximum atomic E-state index is 11.0. The molecule has 3 nitrogen and oxygen atoms in total. The van der Waals surface area contributed by atoms with Gasteiger partial charge in [-0.25, -0.2) is 0 Å². The molecule has 0 spiro atoms. The lowest BCUT2D eigenvalue weighted by atomic mass is 9.93. The number of aliphatic carboxylic acids is 1. The molecule has 0 aromatic rings. The van der Waals surface area contributed by atoms with Crippen LogP contribution in [0.5, 0.6) is 0 Å². The zero-order valence-electron chi connectivity index (χ0n) is 9.12. The second kappa shape index (κ2) is 4.99. The molecule has 0 aromatic carbocycles. The molecule has 1 heterocycles. The molecule has 4 heteroatoms. The highest BCUT2D eigenvalue weighted by Crippen LogP contribution is 2.23. The summed E-state index contributed by atoms with van der Waals surface area (Å²) >= 11 is 0. The first-order chi connectivity index (χ1) is 5.94. The van der Waals surface area contributed by atoms with Crippen LogP contribution in [0.1, 0.15) is 33.6 Å². The number of likely N-dealkylation sites (tertiary alicyclic amines) is 1. The Morgan fingerprint density at radius 2 is 1.79 bits per heavy atom. The zero-order valence-corrected chi connectivity index (χ0v) is 9.93. The van der Waals surface area contributed by atoms with E-state index in [9.17, 15) is 4.79 Å². The highest BCUT2D eigenvalue weighted by atomic mass is 35.5. The monoisotopic (exact) mass is 221 g/mol. The van der Waals surface area contributed by atoms with Crippen LogP contribution in [-0.2, 0) is 4.79 Å². The Morgan fingerprint density at radius 1 is 1.36 bits per heavy atom. The minimum atomic E-state index is -0.720. The molecule has 1 saturated heterocycles. The van der Waals surface area contributed by atoms with E-state index in [1.807, 2.05) is 0 Å². The fourth-order valence-electron chi connectivity index (χ4n) is 1.70. The van der Waals surface area contributed by atoms with Crippen molar-refractivity contribution in [3.05, 3.63) is 0 Å². The van der Waals surface area contributed by atoms with Gasteiger partial charge in [-0.1, -0.05) is 6.92 Å². The molecule has 84 valence electrons. The van der Waals surface area contributed by atoms with Crippen molar-refractivity contribution in [2.45, 2.75) is 39.2 Å². The van der Waals surface area contributed by atoms with Crippen molar-refractivity contribution in [3.63, 3.8) is 0 Å². The number of hydrogen-bond acceptors (Lipinski definition) is 2. The van der Waals surface area contributed by atoms with E-state index >= 15 is 0 Å². The Morgan fingerprint density at radius 3 is 2.14 bits per heavy atom. The van der Waals surface area contributed by atoms with E-state index in [-0.39, 0.29) is 12.4 Å². The molecule has 0 radical (unpaired) electrons. The van der Waals surface area contributed by atoms with Crippen molar-refractivity contribution in [3.8, 4) is 0 Å². The summed E-state index contributed by atoms with van der Waals surface area (Å²) in [5.41, 5.74) is -0.694. The molecule has 0 aromatic heterocycles. The average molecular weight is 222 g/mol. The van der Waals surface area contributed by atoms with E-state index in [4.69, 9.17) is 5.11 Å². The SMILES string of the molecule is CC1CCN(C(C)(C)C(=O)O)CC1.Cl. The average Bonchev–Trinajstić information content (AvgIpc) is 2.04. The van der Waals surface area contributed by atoms with Gasteiger partial charge < -0.3 is 5.11 Å². The molecule has 14 heavy (non-hydrogen) atoms. The van der Waals surface area contributed by atoms with Crippen LogP contribution in [0.4, 0.5) is 0 Å². The highest BCUT2D eigenvalue weighted by Gasteiger charge is 2.35. The summed E-state index contributed by atoms with van der Waals surface area (Å²) in [6.07, 6.45) is 2.24. The maximum absolute atomic E-state index is 11.0. The normalized spacial score (nSPS) is 20.2. The maximum Gasteiger partial charge on any atom is 0.323 e. The number of carboxylic acids is 1. The largest absolute Gasteiger partial charge is 0.480 e. The second-order valence-corrected chi connectivity index (χ2v) is 4.53. The van der Waals surface area contributed by atoms with Crippen molar-refractivity contribution in [1.29, 1.82) is 0 Å². The fourth-order valence-corrected chi connectivity index (χ4v) is 1.70. The Kier molecular flexibility index (Phi) is 4.89. The summed E-state index contributed by atoms with van der Waals surface area (Å²) in [5, 5.41) is 9.02. The summed E-state index contributed by atoms with van der Waals surface area (Å²) in [5.74, 6) is 0.0305. The first-order valence-corrected chi connectivity index (χ1v) is 4.93. The highest BCUT2D eigenvalue weighted by molar-refractivity contribution is 5.85. The van der Waals surface area contributed by atoms with E-state index in [0.717, 1.165) is 31.8 Å². The number of carbonyl (C=O) groups is 1. The molecule has 0 aliphatic carbocycles. The molecule has 0 saturated carbocycles. The predicted octanol–water partition coefficient (Wildman–Crippen LogP) is 2.00. The quantitative estimate of drug-likeness (QED) is 0.776. The minimum Gasteiger partial charge on any atom is -0.480 e. The Labute approximate surface area is 91.9 Å². The topological polar surface area (TPSA) is 40.5 Å². The van der Waals surface area contributed by atoms with Gasteiger partial charge in [0.15, 0.2) is 0 Å². The first kappa shape index (κ1) is 13.7. The molecular formula is C10H20ClNO2. The third-order valence-corrected chi connectivity index (χ3v) is 3.10. The smallest absolute Gasteiger partial charge is 0.323 e. The number of piperidine rings is 1. The molecule has 0 atom stereocenters. The lowest BCUT2D eigenvalue weighted by Crippen LogP contribution is -2.52. The van der Waals surface area contributed by atoms with Gasteiger partial charge >= 0.3 is 5.97 Å². The number of nitrogens with zero attached hydrogens (tertiary/aromatic N) is 1. The van der Waals surface area contributed by atoms with E-state index in [1.54, 1.807) is 13.8 Å². The van der Waals surface area contributed by atoms with Crippen molar-refractivity contribution in [2.75, 3.05) is 13.1 Å². The molecule has 0 unspecified atom stereocenters. The molecule has 1 fully saturated rings. The minimum absolute atomic E-state index is 0. The van der Waals surface area contributed by atoms with E-state index < -0.39 is 11.5 Å². The van der Waals surface area contributed by atoms with Gasteiger partial charge in [0.1, 0.15) is 5.54 Å². The Balaban J connectivity index is 0.00000169. The van der Waals surface area contributed by atoms with Crippen molar-refractivity contribution in [1.82, 2.24) is 4.90 Å². The van der Waals surface area contributed by atoms with Crippen LogP contribution in [0.3, 0.4) is 0 Å². The van der Waals surface area contributed by atoms with Gasteiger partial charge in [-0.05, 0) is 45.7 Å². The lowest BCUT2D eigenvalue weighted by molar-refractivity contribution is -0.150. The Bertz CT molecular complexity index is 198. The summed E-state index contributed by atoms with van der Waals surface area (Å²) in [6, 6.07) is 0. The molecule has 1 aliphatic heterocycles. The van der Waals surface area contributed by atoms with Crippen LogP contribution in [0.15, 0.2) is 0 Å². The number of hydrogen-bond donors (Lipinski definition) is 1. The number of rotatable bonds is 2. The van der Waals surface area contributed by atoms with Crippen LogP contribution in [0.25, 0.3) is 0 Å². The van der Waals surface area contributed by atoms with Crippen LogP contribution in [0.2, 0.25) is 0 Å². The molecule has 1 aliphatic rings. The fraction of sp³-hybridized carbons (Fsp3) is 0.900. The van der Waals surface area contributed by atoms with Gasteiger partial charge in [0, 0.05) is 0 Å².